The molecule has 11 aromatic rings. The van der Waals surface area contributed by atoms with Crippen LogP contribution in [0, 0.1) is 10.1 Å². The molecule has 0 aliphatic rings. The summed E-state index contributed by atoms with van der Waals surface area (Å²) in [6.45, 7) is 13.0. The molecule has 0 spiro atoms. The summed E-state index contributed by atoms with van der Waals surface area (Å²) in [6.07, 6.45) is 51.7. The Morgan fingerprint density at radius 1 is 0.354 bits per heavy atom. The lowest BCUT2D eigenvalue weighted by Gasteiger charge is -2.25. The molecule has 12 nitrogen and oxygen atoms in total. The van der Waals surface area contributed by atoms with E-state index < -0.39 is 0 Å². The predicted octanol–water partition coefficient (Wildman–Crippen LogP) is 24.0. The van der Waals surface area contributed by atoms with Crippen molar-refractivity contribution in [2.45, 2.75) is 285 Å². The van der Waals surface area contributed by atoms with E-state index in [1.165, 1.54) is 231 Å². The zero-order chi connectivity index (χ0) is 66.8. The number of benzene rings is 7. The molecule has 0 fully saturated rings. The predicted molar refractivity (Wildman–Crippen MR) is 413 cm³/mol. The van der Waals surface area contributed by atoms with Crippen molar-refractivity contribution in [3.8, 4) is 0 Å². The highest BCUT2D eigenvalue weighted by molar-refractivity contribution is 6.44. The molecular weight excluding hydrogens is 1180 g/mol. The molecule has 4 heterocycles. The Kier molecular flexibility index (Phi) is 25.6. The van der Waals surface area contributed by atoms with Crippen molar-refractivity contribution < 1.29 is 4.92 Å². The van der Waals surface area contributed by atoms with Crippen LogP contribution in [0.2, 0.25) is 0 Å². The minimum Gasteiger partial charge on any atom is -0.398 e. The lowest BCUT2D eigenvalue weighted by molar-refractivity contribution is -0.382. The van der Waals surface area contributed by atoms with Gasteiger partial charge in [-0.25, -0.2) is 9.97 Å². The van der Waals surface area contributed by atoms with Gasteiger partial charge in [-0.3, -0.25) is 28.5 Å². The summed E-state index contributed by atoms with van der Waals surface area (Å²) in [5.41, 5.74) is 13.4. The Labute approximate surface area is 571 Å². The molecule has 12 heteroatoms. The van der Waals surface area contributed by atoms with Gasteiger partial charge in [0.15, 0.2) is 0 Å². The number of nitrogen functional groups attached to an aromatic ring is 1. The van der Waals surface area contributed by atoms with Crippen molar-refractivity contribution in [1.82, 2.24) is 18.8 Å². The van der Waals surface area contributed by atoms with Crippen molar-refractivity contribution >= 4 is 121 Å². The van der Waals surface area contributed by atoms with Crippen molar-refractivity contribution in [2.75, 3.05) is 41.7 Å². The number of nitrogens with zero attached hydrogens (tertiary/aromatic N) is 7. The Morgan fingerprint density at radius 2 is 0.656 bits per heavy atom. The molecule has 0 saturated heterocycles. The highest BCUT2D eigenvalue weighted by Crippen LogP contribution is 2.51. The zero-order valence-corrected chi connectivity index (χ0v) is 59.4. The van der Waals surface area contributed by atoms with E-state index in [4.69, 9.17) is 15.7 Å². The second kappa shape index (κ2) is 34.9. The number of nitrogens with two attached hydrogens (primary N) is 1. The fourth-order valence-corrected chi connectivity index (χ4v) is 16.4. The normalized spacial score (nSPS) is 12.3. The van der Waals surface area contributed by atoms with E-state index >= 15 is 9.59 Å². The summed E-state index contributed by atoms with van der Waals surface area (Å²) in [4.78, 5) is 59.7. The molecule has 0 aliphatic carbocycles. The van der Waals surface area contributed by atoms with Crippen molar-refractivity contribution in [1.29, 1.82) is 0 Å². The Hall–Kier alpha value is -7.08. The molecule has 11 rings (SSSR count). The first-order valence-electron chi connectivity index (χ1n) is 39.0. The zero-order valence-electron chi connectivity index (χ0n) is 59.4. The largest absolute Gasteiger partial charge is 0.398 e. The first kappa shape index (κ1) is 70.2. The van der Waals surface area contributed by atoms with Gasteiger partial charge >= 0.3 is 0 Å². The molecule has 7 aromatic carbocycles. The fourth-order valence-electron chi connectivity index (χ4n) is 16.4. The Balaban J connectivity index is 0.916. The van der Waals surface area contributed by atoms with E-state index in [-0.39, 0.29) is 21.7 Å². The lowest BCUT2D eigenvalue weighted by atomic mass is 9.84. The first-order chi connectivity index (χ1) is 47.2. The third-order valence-corrected chi connectivity index (χ3v) is 21.8. The van der Waals surface area contributed by atoms with E-state index in [1.807, 2.05) is 36.4 Å². The minimum absolute atomic E-state index is 0.0873. The molecule has 514 valence electrons. The van der Waals surface area contributed by atoms with Crippen molar-refractivity contribution in [2.24, 2.45) is 0 Å². The minimum atomic E-state index is -0.301. The SMILES string of the molecule is CCCCCCCCCCCCN(CCCCCCCCCCCC)c1ccc2c(c1)nc1c3cc(N)c4c5ccc6c(=O)n7c8ccc(N(CCCCCCCCCCCC)CCCCCCCCCCCC)cc8nc7c7cc([N+](=O)[O-])c(c8ccc(c(=O)n21)c3c84)c5c67. The van der Waals surface area contributed by atoms with Gasteiger partial charge in [-0.05, 0) is 91.1 Å². The number of hydrogen-bond acceptors (Lipinski definition) is 9. The second-order valence-electron chi connectivity index (χ2n) is 29.0. The number of imidazole rings is 2. The maximum atomic E-state index is 15.2. The smallest absolute Gasteiger partial charge is 0.278 e. The summed E-state index contributed by atoms with van der Waals surface area (Å²) in [5.74, 6) is 0. The van der Waals surface area contributed by atoms with Gasteiger partial charge in [0.1, 0.15) is 11.3 Å². The number of aromatic nitrogens is 4. The second-order valence-corrected chi connectivity index (χ2v) is 29.0. The molecule has 96 heavy (non-hydrogen) atoms. The Morgan fingerprint density at radius 3 is 1.00 bits per heavy atom. The number of unbranched alkanes of at least 4 members (excludes halogenated alkanes) is 36. The van der Waals surface area contributed by atoms with Crippen LogP contribution in [0.15, 0.2) is 82.4 Å². The molecule has 4 aromatic heterocycles. The number of nitro benzene ring substituents is 1. The van der Waals surface area contributed by atoms with E-state index in [1.54, 1.807) is 14.9 Å². The average Bonchev–Trinajstić information content (AvgIpc) is 1.07. The van der Waals surface area contributed by atoms with Crippen LogP contribution in [-0.2, 0) is 0 Å². The average molecular weight is 1300 g/mol. The summed E-state index contributed by atoms with van der Waals surface area (Å²) in [5, 5.41) is 21.1. The van der Waals surface area contributed by atoms with Gasteiger partial charge in [0.25, 0.3) is 16.8 Å². The van der Waals surface area contributed by atoms with Crippen LogP contribution < -0.4 is 26.7 Å². The van der Waals surface area contributed by atoms with Crippen LogP contribution in [0.4, 0.5) is 22.7 Å². The van der Waals surface area contributed by atoms with E-state index in [0.29, 0.717) is 87.3 Å². The van der Waals surface area contributed by atoms with Crippen molar-refractivity contribution in [3.63, 3.8) is 0 Å². The van der Waals surface area contributed by atoms with Gasteiger partial charge in [0.2, 0.25) is 0 Å². The van der Waals surface area contributed by atoms with Crippen LogP contribution >= 0.6 is 0 Å². The van der Waals surface area contributed by atoms with Gasteiger partial charge in [0, 0.05) is 97.8 Å². The van der Waals surface area contributed by atoms with Crippen molar-refractivity contribution in [3.05, 3.63) is 104 Å². The fraction of sp³-hybridized carbons (Fsp3) is 0.571. The topological polar surface area (TPSA) is 144 Å². The molecule has 2 N–H and O–H groups in total. The van der Waals surface area contributed by atoms with E-state index in [0.717, 1.165) is 79.7 Å². The maximum absolute atomic E-state index is 15.2. The van der Waals surface area contributed by atoms with Gasteiger partial charge < -0.3 is 15.5 Å². The highest BCUT2D eigenvalue weighted by Gasteiger charge is 2.30. The summed E-state index contributed by atoms with van der Waals surface area (Å²) in [6, 6.07) is 23.8. The third-order valence-electron chi connectivity index (χ3n) is 21.8. The number of non-ortho nitro benzene ring substituents is 1. The van der Waals surface area contributed by atoms with E-state index in [2.05, 4.69) is 67.8 Å². The standard InChI is InChI=1S/C84H114N8O4/c1-5-9-13-17-21-25-29-33-37-41-53-88(54-42-38-34-30-26-22-18-14-10-6-2)61-45-51-72-70(57-61)86-81-67-59-69(85)77-63-47-49-66-76-68(60-74(92(95)96)78(80(63)76)64-48-50-65(75(67)79(64)77)83(93)90(72)81)82-87-71-58-62(46-52-73(71)91(82)84(66)94)89(55-43-39-35-31-27-23-19-15-11-7-3)56-44-40-36-32-28-24-20-16-12-8-4/h45-52,57-60H,5-44,53-56,85H2,1-4H3. The van der Waals surface area contributed by atoms with Crippen LogP contribution in [0.5, 0.6) is 0 Å². The summed E-state index contributed by atoms with van der Waals surface area (Å²) in [7, 11) is 0. The Bertz CT molecular complexity index is 4370. The molecule has 0 atom stereocenters. The molecule has 0 radical (unpaired) electrons. The molecule has 0 bridgehead atoms. The summed E-state index contributed by atoms with van der Waals surface area (Å²) < 4.78 is 3.41. The van der Waals surface area contributed by atoms with Crippen LogP contribution in [0.3, 0.4) is 0 Å². The van der Waals surface area contributed by atoms with Gasteiger partial charge in [-0.1, -0.05) is 271 Å². The highest BCUT2D eigenvalue weighted by atomic mass is 16.6. The van der Waals surface area contributed by atoms with Crippen LogP contribution in [-0.4, -0.2) is 49.9 Å². The van der Waals surface area contributed by atoms with Crippen LogP contribution in [0.25, 0.3) is 98.0 Å². The molecule has 0 amide bonds. The van der Waals surface area contributed by atoms with E-state index in [9.17, 15) is 10.1 Å². The van der Waals surface area contributed by atoms with Gasteiger partial charge in [-0.15, -0.1) is 0 Å². The number of hydrogen-bond donors (Lipinski definition) is 1. The third kappa shape index (κ3) is 15.9. The number of nitro groups is 1. The molecule has 0 unspecified atom stereocenters. The maximum Gasteiger partial charge on any atom is 0.278 e. The number of fused-ring (bicyclic) bond motifs is 10. The number of rotatable bonds is 47. The molecular formula is C84H114N8O4. The molecule has 0 saturated carbocycles. The first-order valence-corrected chi connectivity index (χ1v) is 39.0. The van der Waals surface area contributed by atoms with Crippen LogP contribution in [0.1, 0.15) is 285 Å². The van der Waals surface area contributed by atoms with Gasteiger partial charge in [-0.2, -0.15) is 0 Å². The lowest BCUT2D eigenvalue weighted by Crippen LogP contribution is -2.25. The number of anilines is 3. The quantitative estimate of drug-likeness (QED) is 0.00984. The van der Waals surface area contributed by atoms with Gasteiger partial charge in [0.05, 0.1) is 32.4 Å². The number of pyridine rings is 2. The molecule has 0 aliphatic heterocycles. The monoisotopic (exact) mass is 1300 g/mol. The summed E-state index contributed by atoms with van der Waals surface area (Å²) >= 11 is 0.